The van der Waals surface area contributed by atoms with Gasteiger partial charge in [0.05, 0.1) is 0 Å². The second-order valence-corrected chi connectivity index (χ2v) is 6.64. The third kappa shape index (κ3) is 2.88. The minimum Gasteiger partial charge on any atom is -0.309 e. The predicted molar refractivity (Wildman–Crippen MR) is 97.0 cm³/mol. The Morgan fingerprint density at radius 3 is 2.50 bits per heavy atom. The Kier molecular flexibility index (Phi) is 4.31. The molecule has 1 saturated carbocycles. The molecular formula is C20H24N2O2. The summed E-state index contributed by atoms with van der Waals surface area (Å²) in [6, 6.07) is 10.0. The van der Waals surface area contributed by atoms with E-state index >= 15 is 0 Å². The molecule has 0 radical (unpaired) electrons. The number of amides is 1. The Morgan fingerprint density at radius 1 is 1.21 bits per heavy atom. The molecule has 1 heterocycles. The standard InChI is InChI=1S/C20H24N2O2/c1-5-21(17-8-6-7-13(2)11-17)19(23)18-14(3)12-15(4)22(20(18)24)16-9-10-16/h6-8,11-12,16H,5,9-10H2,1-4H3. The van der Waals surface area contributed by atoms with E-state index in [0.29, 0.717) is 12.1 Å². The zero-order chi connectivity index (χ0) is 17.4. The lowest BCUT2D eigenvalue weighted by molar-refractivity contribution is 0.0985. The van der Waals surface area contributed by atoms with E-state index in [1.165, 1.54) is 0 Å². The molecule has 4 heteroatoms. The third-order valence-electron chi connectivity index (χ3n) is 4.63. The second kappa shape index (κ2) is 6.27. The Bertz CT molecular complexity index is 847. The molecule has 1 amide bonds. The van der Waals surface area contributed by atoms with Gasteiger partial charge in [-0.15, -0.1) is 0 Å². The molecule has 0 N–H and O–H groups in total. The van der Waals surface area contributed by atoms with Crippen molar-refractivity contribution in [2.24, 2.45) is 0 Å². The summed E-state index contributed by atoms with van der Waals surface area (Å²) in [6.07, 6.45) is 2.04. The minimum atomic E-state index is -0.208. The lowest BCUT2D eigenvalue weighted by Crippen LogP contribution is -2.38. The highest BCUT2D eigenvalue weighted by Crippen LogP contribution is 2.34. The van der Waals surface area contributed by atoms with Crippen molar-refractivity contribution in [3.05, 3.63) is 63.1 Å². The van der Waals surface area contributed by atoms with Crippen LogP contribution in [0.3, 0.4) is 0 Å². The van der Waals surface area contributed by atoms with Gasteiger partial charge in [-0.25, -0.2) is 0 Å². The number of hydrogen-bond donors (Lipinski definition) is 0. The smallest absolute Gasteiger partial charge is 0.264 e. The van der Waals surface area contributed by atoms with E-state index in [4.69, 9.17) is 0 Å². The van der Waals surface area contributed by atoms with Crippen LogP contribution >= 0.6 is 0 Å². The van der Waals surface area contributed by atoms with Crippen molar-refractivity contribution < 1.29 is 4.79 Å². The molecule has 0 spiro atoms. The molecule has 126 valence electrons. The normalized spacial score (nSPS) is 13.8. The molecule has 1 fully saturated rings. The van der Waals surface area contributed by atoms with Gasteiger partial charge >= 0.3 is 0 Å². The van der Waals surface area contributed by atoms with Gasteiger partial charge < -0.3 is 9.47 Å². The van der Waals surface area contributed by atoms with Crippen LogP contribution in [0.4, 0.5) is 5.69 Å². The van der Waals surface area contributed by atoms with Crippen molar-refractivity contribution >= 4 is 11.6 Å². The number of carbonyl (C=O) groups is 1. The molecule has 4 nitrogen and oxygen atoms in total. The Labute approximate surface area is 142 Å². The van der Waals surface area contributed by atoms with E-state index in [-0.39, 0.29) is 17.5 Å². The number of rotatable bonds is 4. The number of carbonyl (C=O) groups excluding carboxylic acids is 1. The second-order valence-electron chi connectivity index (χ2n) is 6.64. The highest BCUT2D eigenvalue weighted by molar-refractivity contribution is 6.06. The molecule has 1 aromatic carbocycles. The molecule has 0 saturated heterocycles. The lowest BCUT2D eigenvalue weighted by atomic mass is 10.1. The van der Waals surface area contributed by atoms with Crippen molar-refractivity contribution in [3.8, 4) is 0 Å². The van der Waals surface area contributed by atoms with Crippen LogP contribution in [0.25, 0.3) is 0 Å². The van der Waals surface area contributed by atoms with Gasteiger partial charge in [-0.05, 0) is 69.9 Å². The molecule has 1 aliphatic rings. The van der Waals surface area contributed by atoms with E-state index in [9.17, 15) is 9.59 Å². The number of nitrogens with zero attached hydrogens (tertiary/aromatic N) is 2. The van der Waals surface area contributed by atoms with E-state index in [0.717, 1.165) is 35.3 Å². The lowest BCUT2D eigenvalue weighted by Gasteiger charge is -2.23. The van der Waals surface area contributed by atoms with Crippen LogP contribution in [0.1, 0.15) is 53.0 Å². The topological polar surface area (TPSA) is 42.3 Å². The summed E-state index contributed by atoms with van der Waals surface area (Å²) in [7, 11) is 0. The number of hydrogen-bond acceptors (Lipinski definition) is 2. The summed E-state index contributed by atoms with van der Waals surface area (Å²) in [5.41, 5.74) is 3.78. The first-order valence-electron chi connectivity index (χ1n) is 8.55. The van der Waals surface area contributed by atoms with Crippen molar-refractivity contribution in [3.63, 3.8) is 0 Å². The molecule has 1 aliphatic carbocycles. The molecule has 0 bridgehead atoms. The summed E-state index contributed by atoms with van der Waals surface area (Å²) >= 11 is 0. The van der Waals surface area contributed by atoms with Gasteiger partial charge in [-0.2, -0.15) is 0 Å². The van der Waals surface area contributed by atoms with Crippen LogP contribution in [0.5, 0.6) is 0 Å². The predicted octanol–water partition coefficient (Wildman–Crippen LogP) is 3.78. The molecule has 2 aromatic rings. The first-order valence-corrected chi connectivity index (χ1v) is 8.55. The van der Waals surface area contributed by atoms with Gasteiger partial charge in [-0.1, -0.05) is 12.1 Å². The summed E-state index contributed by atoms with van der Waals surface area (Å²) in [6.45, 7) is 8.25. The Hall–Kier alpha value is -2.36. The van der Waals surface area contributed by atoms with E-state index in [1.54, 1.807) is 9.47 Å². The Morgan fingerprint density at radius 2 is 1.92 bits per heavy atom. The SMILES string of the molecule is CCN(C(=O)c1c(C)cc(C)n(C2CC2)c1=O)c1cccc(C)c1. The van der Waals surface area contributed by atoms with Gasteiger partial charge in [0.25, 0.3) is 11.5 Å². The molecule has 0 atom stereocenters. The fraction of sp³-hybridized carbons (Fsp3) is 0.400. The minimum absolute atomic E-state index is 0.147. The number of aryl methyl sites for hydroxylation is 3. The molecule has 0 unspecified atom stereocenters. The summed E-state index contributed by atoms with van der Waals surface area (Å²) in [5, 5.41) is 0. The number of anilines is 1. The zero-order valence-electron chi connectivity index (χ0n) is 14.8. The van der Waals surface area contributed by atoms with Crippen molar-refractivity contribution in [1.29, 1.82) is 0 Å². The summed E-state index contributed by atoms with van der Waals surface area (Å²) < 4.78 is 1.80. The van der Waals surface area contributed by atoms with Gasteiger partial charge in [0.15, 0.2) is 0 Å². The third-order valence-corrected chi connectivity index (χ3v) is 4.63. The van der Waals surface area contributed by atoms with E-state index in [1.807, 2.05) is 58.0 Å². The van der Waals surface area contributed by atoms with Crippen LogP contribution in [0.2, 0.25) is 0 Å². The fourth-order valence-corrected chi connectivity index (χ4v) is 3.33. The van der Waals surface area contributed by atoms with E-state index in [2.05, 4.69) is 0 Å². The van der Waals surface area contributed by atoms with Crippen molar-refractivity contribution in [2.75, 3.05) is 11.4 Å². The number of aromatic nitrogens is 1. The molecule has 0 aliphatic heterocycles. The fourth-order valence-electron chi connectivity index (χ4n) is 3.33. The number of benzene rings is 1. The maximum Gasteiger partial charge on any atom is 0.264 e. The van der Waals surface area contributed by atoms with Crippen LogP contribution in [0.15, 0.2) is 35.1 Å². The quantitative estimate of drug-likeness (QED) is 0.859. The Balaban J connectivity index is 2.09. The largest absolute Gasteiger partial charge is 0.309 e. The zero-order valence-corrected chi connectivity index (χ0v) is 14.8. The van der Waals surface area contributed by atoms with Gasteiger partial charge in [0, 0.05) is 24.0 Å². The maximum absolute atomic E-state index is 13.1. The summed E-state index contributed by atoms with van der Waals surface area (Å²) in [5.74, 6) is -0.208. The van der Waals surface area contributed by atoms with Gasteiger partial charge in [-0.3, -0.25) is 9.59 Å². The highest BCUT2D eigenvalue weighted by Gasteiger charge is 2.30. The van der Waals surface area contributed by atoms with Crippen LogP contribution in [-0.2, 0) is 0 Å². The molecular weight excluding hydrogens is 300 g/mol. The monoisotopic (exact) mass is 324 g/mol. The average molecular weight is 324 g/mol. The summed E-state index contributed by atoms with van der Waals surface area (Å²) in [4.78, 5) is 27.8. The highest BCUT2D eigenvalue weighted by atomic mass is 16.2. The number of pyridine rings is 1. The van der Waals surface area contributed by atoms with Gasteiger partial charge in [0.2, 0.25) is 0 Å². The van der Waals surface area contributed by atoms with Crippen LogP contribution in [-0.4, -0.2) is 17.0 Å². The van der Waals surface area contributed by atoms with Crippen molar-refractivity contribution in [1.82, 2.24) is 4.57 Å². The average Bonchev–Trinajstić information content (AvgIpc) is 3.32. The first kappa shape index (κ1) is 16.5. The van der Waals surface area contributed by atoms with E-state index < -0.39 is 0 Å². The van der Waals surface area contributed by atoms with Crippen molar-refractivity contribution in [2.45, 2.75) is 46.6 Å². The molecule has 3 rings (SSSR count). The van der Waals surface area contributed by atoms with Crippen LogP contribution < -0.4 is 10.5 Å². The molecule has 24 heavy (non-hydrogen) atoms. The maximum atomic E-state index is 13.1. The first-order chi connectivity index (χ1) is 11.4. The van der Waals surface area contributed by atoms with Gasteiger partial charge in [0.1, 0.15) is 5.56 Å². The molecule has 1 aromatic heterocycles. The van der Waals surface area contributed by atoms with Crippen LogP contribution in [0, 0.1) is 20.8 Å².